The fourth-order valence-corrected chi connectivity index (χ4v) is 5.15. The summed E-state index contributed by atoms with van der Waals surface area (Å²) in [7, 11) is 1.69. The molecule has 0 spiro atoms. The molecule has 0 saturated heterocycles. The van der Waals surface area contributed by atoms with Gasteiger partial charge in [-0.3, -0.25) is 4.79 Å². The predicted octanol–water partition coefficient (Wildman–Crippen LogP) is 5.16. The van der Waals surface area contributed by atoms with E-state index >= 15 is 0 Å². The number of amides is 1. The predicted molar refractivity (Wildman–Crippen MR) is 134 cm³/mol. The number of hydrogen-bond donors (Lipinski definition) is 2. The van der Waals surface area contributed by atoms with Gasteiger partial charge in [0.05, 0.1) is 18.3 Å². The fraction of sp³-hybridized carbons (Fsp3) is 0.429. The summed E-state index contributed by atoms with van der Waals surface area (Å²) in [4.78, 5) is 12.7. The molecule has 2 aliphatic rings. The molecule has 1 aromatic heterocycles. The minimum atomic E-state index is -0.218. The molecule has 5 rings (SSSR count). The summed E-state index contributed by atoms with van der Waals surface area (Å²) in [5.74, 6) is 2.26. The number of fused-ring (bicyclic) bond motifs is 1. The van der Waals surface area contributed by atoms with Gasteiger partial charge in [0, 0.05) is 36.4 Å². The average Bonchev–Trinajstić information content (AvgIpc) is 3.18. The maximum absolute atomic E-state index is 12.7. The molecule has 34 heavy (non-hydrogen) atoms. The van der Waals surface area contributed by atoms with E-state index in [0.29, 0.717) is 18.4 Å². The minimum Gasteiger partial charge on any atom is -0.497 e. The molecule has 1 fully saturated rings. The molecular formula is C28H34N4O2. The Balaban J connectivity index is 1.37. The summed E-state index contributed by atoms with van der Waals surface area (Å²) < 4.78 is 7.28. The van der Waals surface area contributed by atoms with Crippen molar-refractivity contribution in [2.75, 3.05) is 12.4 Å². The molecule has 2 aromatic carbocycles. The van der Waals surface area contributed by atoms with E-state index in [1.807, 2.05) is 22.9 Å². The van der Waals surface area contributed by atoms with Gasteiger partial charge in [-0.1, -0.05) is 42.5 Å². The van der Waals surface area contributed by atoms with Gasteiger partial charge in [-0.25, -0.2) is 4.68 Å². The molecule has 6 heteroatoms. The molecular weight excluding hydrogens is 424 g/mol. The fourth-order valence-electron chi connectivity index (χ4n) is 5.15. The van der Waals surface area contributed by atoms with Gasteiger partial charge in [0.15, 0.2) is 0 Å². The van der Waals surface area contributed by atoms with Crippen LogP contribution in [0.5, 0.6) is 5.75 Å². The van der Waals surface area contributed by atoms with Crippen LogP contribution < -0.4 is 15.4 Å². The van der Waals surface area contributed by atoms with Crippen LogP contribution in [0.2, 0.25) is 0 Å². The van der Waals surface area contributed by atoms with Crippen LogP contribution in [0.4, 0.5) is 5.82 Å². The molecule has 0 radical (unpaired) electrons. The first-order valence-electron chi connectivity index (χ1n) is 12.2. The van der Waals surface area contributed by atoms with E-state index < -0.39 is 0 Å². The van der Waals surface area contributed by atoms with Gasteiger partial charge in [0.2, 0.25) is 5.91 Å². The first-order chi connectivity index (χ1) is 16.3. The Morgan fingerprint density at radius 2 is 1.79 bits per heavy atom. The molecule has 1 unspecified atom stereocenters. The topological polar surface area (TPSA) is 68.2 Å². The lowest BCUT2D eigenvalue weighted by atomic mass is 9.74. The molecule has 1 aliphatic carbocycles. The van der Waals surface area contributed by atoms with E-state index in [-0.39, 0.29) is 17.4 Å². The van der Waals surface area contributed by atoms with Crippen LogP contribution in [0.25, 0.3) is 0 Å². The molecule has 1 amide bonds. The second-order valence-electron chi connectivity index (χ2n) is 10.5. The van der Waals surface area contributed by atoms with E-state index in [9.17, 15) is 4.79 Å². The van der Waals surface area contributed by atoms with Crippen LogP contribution in [0.3, 0.4) is 0 Å². The number of carbonyl (C=O) groups excluding carboxylic acids is 1. The van der Waals surface area contributed by atoms with Crippen molar-refractivity contribution in [3.8, 4) is 5.75 Å². The molecule has 1 saturated carbocycles. The second kappa shape index (κ2) is 8.91. The van der Waals surface area contributed by atoms with E-state index in [1.165, 1.54) is 16.7 Å². The third-order valence-corrected chi connectivity index (χ3v) is 7.06. The lowest BCUT2D eigenvalue weighted by molar-refractivity contribution is -0.116. The average molecular weight is 459 g/mol. The van der Waals surface area contributed by atoms with E-state index in [1.54, 1.807) is 7.11 Å². The number of hydrogen-bond acceptors (Lipinski definition) is 4. The van der Waals surface area contributed by atoms with Gasteiger partial charge >= 0.3 is 0 Å². The van der Waals surface area contributed by atoms with Crippen LogP contribution in [0.15, 0.2) is 54.6 Å². The maximum Gasteiger partial charge on any atom is 0.226 e. The van der Waals surface area contributed by atoms with Crippen molar-refractivity contribution in [1.82, 2.24) is 15.1 Å². The molecule has 3 aromatic rings. The first-order valence-corrected chi connectivity index (χ1v) is 12.2. The number of benzene rings is 2. The summed E-state index contributed by atoms with van der Waals surface area (Å²) in [5, 5.41) is 12.0. The maximum atomic E-state index is 12.7. The first kappa shape index (κ1) is 22.7. The Bertz CT molecular complexity index is 1160. The number of rotatable bonds is 6. The van der Waals surface area contributed by atoms with Gasteiger partial charge in [0.1, 0.15) is 11.6 Å². The highest BCUT2D eigenvalue weighted by molar-refractivity contribution is 5.94. The highest BCUT2D eigenvalue weighted by Crippen LogP contribution is 2.47. The zero-order valence-corrected chi connectivity index (χ0v) is 20.5. The summed E-state index contributed by atoms with van der Waals surface area (Å²) >= 11 is 0. The molecule has 1 aliphatic heterocycles. The van der Waals surface area contributed by atoms with Crippen LogP contribution in [0.1, 0.15) is 74.3 Å². The smallest absolute Gasteiger partial charge is 0.226 e. The molecule has 2 heterocycles. The lowest BCUT2D eigenvalue weighted by Crippen LogP contribution is -2.40. The van der Waals surface area contributed by atoms with Gasteiger partial charge in [-0.05, 0) is 56.9 Å². The highest BCUT2D eigenvalue weighted by atomic mass is 16.5. The lowest BCUT2D eigenvalue weighted by Gasteiger charge is -2.36. The minimum absolute atomic E-state index is 0.0439. The summed E-state index contributed by atoms with van der Waals surface area (Å²) in [6.07, 6.45) is 2.57. The molecule has 6 nitrogen and oxygen atoms in total. The second-order valence-corrected chi connectivity index (χ2v) is 10.5. The third kappa shape index (κ3) is 4.34. The number of ether oxygens (including phenoxy) is 1. The molecule has 178 valence electrons. The van der Waals surface area contributed by atoms with Crippen molar-refractivity contribution < 1.29 is 9.53 Å². The Morgan fingerprint density at radius 1 is 1.09 bits per heavy atom. The Labute approximate surface area is 201 Å². The quantitative estimate of drug-likeness (QED) is 0.536. The number of nitrogens with zero attached hydrogens (tertiary/aromatic N) is 2. The largest absolute Gasteiger partial charge is 0.497 e. The van der Waals surface area contributed by atoms with Crippen LogP contribution in [0, 0.1) is 0 Å². The van der Waals surface area contributed by atoms with Crippen LogP contribution in [-0.2, 0) is 16.9 Å². The van der Waals surface area contributed by atoms with Crippen molar-refractivity contribution in [3.63, 3.8) is 0 Å². The van der Waals surface area contributed by atoms with E-state index in [0.717, 1.165) is 36.6 Å². The summed E-state index contributed by atoms with van der Waals surface area (Å²) in [6.45, 7) is 7.27. The Hall–Kier alpha value is -3.12. The molecule has 0 bridgehead atoms. The number of anilines is 1. The number of nitrogens with one attached hydrogen (secondary N) is 2. The van der Waals surface area contributed by atoms with Gasteiger partial charge in [-0.2, -0.15) is 5.10 Å². The van der Waals surface area contributed by atoms with Crippen molar-refractivity contribution in [2.45, 2.75) is 70.0 Å². The van der Waals surface area contributed by atoms with Crippen molar-refractivity contribution in [3.05, 3.63) is 77.0 Å². The van der Waals surface area contributed by atoms with Crippen molar-refractivity contribution in [2.24, 2.45) is 0 Å². The monoisotopic (exact) mass is 458 g/mol. The van der Waals surface area contributed by atoms with E-state index in [4.69, 9.17) is 9.84 Å². The van der Waals surface area contributed by atoms with Crippen molar-refractivity contribution >= 4 is 11.7 Å². The Morgan fingerprint density at radius 3 is 2.44 bits per heavy atom. The highest BCUT2D eigenvalue weighted by Gasteiger charge is 2.41. The summed E-state index contributed by atoms with van der Waals surface area (Å²) in [6, 6.07) is 19.1. The zero-order valence-electron chi connectivity index (χ0n) is 20.5. The summed E-state index contributed by atoms with van der Waals surface area (Å²) in [5.41, 5.74) is 4.58. The van der Waals surface area contributed by atoms with Gasteiger partial charge in [0.25, 0.3) is 0 Å². The number of carbonyl (C=O) groups is 1. The number of aromatic nitrogens is 2. The van der Waals surface area contributed by atoms with Gasteiger partial charge < -0.3 is 15.4 Å². The van der Waals surface area contributed by atoms with E-state index in [2.05, 4.69) is 67.8 Å². The molecule has 2 N–H and O–H groups in total. The number of methoxy groups -OCH3 is 1. The van der Waals surface area contributed by atoms with Crippen molar-refractivity contribution in [1.29, 1.82) is 0 Å². The molecule has 1 atom stereocenters. The van der Waals surface area contributed by atoms with Crippen LogP contribution in [-0.4, -0.2) is 28.8 Å². The Kier molecular flexibility index (Phi) is 5.94. The van der Waals surface area contributed by atoms with Crippen LogP contribution >= 0.6 is 0 Å². The standard InChI is InChI=1S/C28H34N4O2/c1-28(2,3)32-27-25(23(16-24(33)30-27)19-8-6-5-7-9-19)26(31-32)20-14-21(15-20)29-17-18-10-12-22(34-4)13-11-18/h5-13,20-21,23,29H,14-17H2,1-4H3,(H,30,33). The normalized spacial score (nSPS) is 22.0. The van der Waals surface area contributed by atoms with Gasteiger partial charge in [-0.15, -0.1) is 0 Å². The SMILES string of the molecule is COc1ccc(CNC2CC(c3nn(C(C)(C)C)c4c3C(c3ccccc3)CC(=O)N4)C2)cc1. The zero-order chi connectivity index (χ0) is 23.9. The third-order valence-electron chi connectivity index (χ3n) is 7.06.